The first-order valence-corrected chi connectivity index (χ1v) is 4.59. The number of carbonyl (C=O) groups is 1. The Kier molecular flexibility index (Phi) is 3.23. The Morgan fingerprint density at radius 3 is 2.64 bits per heavy atom. The first kappa shape index (κ1) is 11.1. The topological polar surface area (TPSA) is 57.5 Å². The third-order valence-corrected chi connectivity index (χ3v) is 2.66. The van der Waals surface area contributed by atoms with Gasteiger partial charge in [0, 0.05) is 10.0 Å². The largest absolute Gasteiger partial charge is 0.479 e. The van der Waals surface area contributed by atoms with E-state index in [0.717, 1.165) is 0 Å². The van der Waals surface area contributed by atoms with Gasteiger partial charge in [-0.2, -0.15) is 0 Å². The van der Waals surface area contributed by atoms with E-state index >= 15 is 0 Å². The lowest BCUT2D eigenvalue weighted by molar-refractivity contribution is -0.147. The van der Waals surface area contributed by atoms with Gasteiger partial charge in [-0.25, -0.2) is 9.18 Å². The summed E-state index contributed by atoms with van der Waals surface area (Å²) in [5.41, 5.74) is 0.402. The SMILES string of the molecule is Cc1cc(F)c(C(O)C(=O)O)cc1Br. The van der Waals surface area contributed by atoms with Crippen LogP contribution in [0, 0.1) is 12.7 Å². The van der Waals surface area contributed by atoms with E-state index in [-0.39, 0.29) is 5.56 Å². The molecule has 0 aromatic heterocycles. The van der Waals surface area contributed by atoms with Crippen LogP contribution in [-0.4, -0.2) is 16.2 Å². The fourth-order valence-corrected chi connectivity index (χ4v) is 1.37. The molecule has 1 aromatic rings. The Bertz CT molecular complexity index is 379. The van der Waals surface area contributed by atoms with E-state index in [2.05, 4.69) is 15.9 Å². The summed E-state index contributed by atoms with van der Waals surface area (Å²) < 4.78 is 13.8. The van der Waals surface area contributed by atoms with Gasteiger partial charge in [0.05, 0.1) is 0 Å². The monoisotopic (exact) mass is 262 g/mol. The van der Waals surface area contributed by atoms with Crippen LogP contribution in [-0.2, 0) is 4.79 Å². The van der Waals surface area contributed by atoms with E-state index in [1.54, 1.807) is 6.92 Å². The average molecular weight is 263 g/mol. The average Bonchev–Trinajstić information content (AvgIpc) is 2.10. The van der Waals surface area contributed by atoms with E-state index in [0.29, 0.717) is 10.0 Å². The third-order valence-electron chi connectivity index (χ3n) is 1.81. The van der Waals surface area contributed by atoms with Crippen molar-refractivity contribution in [2.24, 2.45) is 0 Å². The molecule has 1 unspecified atom stereocenters. The molecule has 1 atom stereocenters. The molecule has 0 fully saturated rings. The van der Waals surface area contributed by atoms with Crippen molar-refractivity contribution in [1.29, 1.82) is 0 Å². The number of hydrogen-bond donors (Lipinski definition) is 2. The molecule has 0 aliphatic rings. The van der Waals surface area contributed by atoms with Crippen molar-refractivity contribution in [3.63, 3.8) is 0 Å². The smallest absolute Gasteiger partial charge is 0.337 e. The molecule has 0 saturated heterocycles. The summed E-state index contributed by atoms with van der Waals surface area (Å²) >= 11 is 3.13. The molecule has 5 heteroatoms. The molecule has 0 spiro atoms. The number of benzene rings is 1. The van der Waals surface area contributed by atoms with Gasteiger partial charge in [0.2, 0.25) is 0 Å². The van der Waals surface area contributed by atoms with Gasteiger partial charge in [0.25, 0.3) is 0 Å². The van der Waals surface area contributed by atoms with Gasteiger partial charge >= 0.3 is 5.97 Å². The number of aliphatic carboxylic acids is 1. The highest BCUT2D eigenvalue weighted by Crippen LogP contribution is 2.25. The zero-order chi connectivity index (χ0) is 10.9. The van der Waals surface area contributed by atoms with Gasteiger partial charge in [-0.15, -0.1) is 0 Å². The van der Waals surface area contributed by atoms with Crippen LogP contribution in [0.4, 0.5) is 4.39 Å². The second-order valence-corrected chi connectivity index (χ2v) is 3.72. The fourth-order valence-electron chi connectivity index (χ4n) is 1.00. The number of rotatable bonds is 2. The number of carboxylic acid groups (broad SMARTS) is 1. The summed E-state index contributed by atoms with van der Waals surface area (Å²) in [7, 11) is 0. The quantitative estimate of drug-likeness (QED) is 0.858. The molecule has 1 aromatic carbocycles. The Morgan fingerprint density at radius 1 is 1.57 bits per heavy atom. The van der Waals surface area contributed by atoms with Crippen LogP contribution in [0.5, 0.6) is 0 Å². The number of aliphatic hydroxyl groups is 1. The second-order valence-electron chi connectivity index (χ2n) is 2.86. The van der Waals surface area contributed by atoms with E-state index < -0.39 is 17.9 Å². The van der Waals surface area contributed by atoms with Crippen molar-refractivity contribution >= 4 is 21.9 Å². The van der Waals surface area contributed by atoms with Crippen LogP contribution in [0.2, 0.25) is 0 Å². The summed E-state index contributed by atoms with van der Waals surface area (Å²) in [5, 5.41) is 17.6. The predicted molar refractivity (Wildman–Crippen MR) is 51.4 cm³/mol. The van der Waals surface area contributed by atoms with Gasteiger partial charge in [-0.3, -0.25) is 0 Å². The second kappa shape index (κ2) is 4.06. The zero-order valence-corrected chi connectivity index (χ0v) is 8.88. The molecule has 0 bridgehead atoms. The highest BCUT2D eigenvalue weighted by molar-refractivity contribution is 9.10. The number of aryl methyl sites for hydroxylation is 1. The molecule has 1 rings (SSSR count). The third kappa shape index (κ3) is 2.10. The number of hydrogen-bond acceptors (Lipinski definition) is 2. The zero-order valence-electron chi connectivity index (χ0n) is 7.29. The first-order chi connectivity index (χ1) is 6.43. The van der Waals surface area contributed by atoms with Crippen molar-refractivity contribution in [2.75, 3.05) is 0 Å². The molecular weight excluding hydrogens is 255 g/mol. The first-order valence-electron chi connectivity index (χ1n) is 3.80. The minimum atomic E-state index is -1.83. The van der Waals surface area contributed by atoms with E-state index in [1.807, 2.05) is 0 Å². The lowest BCUT2D eigenvalue weighted by atomic mass is 10.1. The molecule has 0 heterocycles. The Hall–Kier alpha value is -0.940. The number of aliphatic hydroxyl groups excluding tert-OH is 1. The van der Waals surface area contributed by atoms with Crippen LogP contribution >= 0.6 is 15.9 Å². The maximum Gasteiger partial charge on any atom is 0.337 e. The summed E-state index contributed by atoms with van der Waals surface area (Å²) in [4.78, 5) is 10.4. The summed E-state index contributed by atoms with van der Waals surface area (Å²) in [6.45, 7) is 1.67. The van der Waals surface area contributed by atoms with Crippen molar-refractivity contribution in [3.05, 3.63) is 33.5 Å². The molecule has 0 amide bonds. The van der Waals surface area contributed by atoms with Crippen molar-refractivity contribution in [1.82, 2.24) is 0 Å². The summed E-state index contributed by atoms with van der Waals surface area (Å²) in [6.07, 6.45) is -1.83. The van der Waals surface area contributed by atoms with E-state index in [1.165, 1.54) is 12.1 Å². The van der Waals surface area contributed by atoms with Gasteiger partial charge < -0.3 is 10.2 Å². The van der Waals surface area contributed by atoms with Gasteiger partial charge in [0.1, 0.15) is 5.82 Å². The van der Waals surface area contributed by atoms with Crippen LogP contribution in [0.1, 0.15) is 17.2 Å². The van der Waals surface area contributed by atoms with Gasteiger partial charge in [-0.05, 0) is 24.6 Å². The minimum absolute atomic E-state index is 0.241. The Labute approximate surface area is 88.3 Å². The maximum absolute atomic E-state index is 13.2. The van der Waals surface area contributed by atoms with Crippen molar-refractivity contribution in [3.8, 4) is 0 Å². The molecule has 2 N–H and O–H groups in total. The highest BCUT2D eigenvalue weighted by Gasteiger charge is 2.20. The normalized spacial score (nSPS) is 12.6. The van der Waals surface area contributed by atoms with Gasteiger partial charge in [0.15, 0.2) is 6.10 Å². The summed E-state index contributed by atoms with van der Waals surface area (Å²) in [6, 6.07) is 2.44. The van der Waals surface area contributed by atoms with E-state index in [4.69, 9.17) is 10.2 Å². The molecule has 0 aliphatic carbocycles. The van der Waals surface area contributed by atoms with Crippen LogP contribution < -0.4 is 0 Å². The van der Waals surface area contributed by atoms with Crippen molar-refractivity contribution < 1.29 is 19.4 Å². The van der Waals surface area contributed by atoms with Gasteiger partial charge in [-0.1, -0.05) is 15.9 Å². The Morgan fingerprint density at radius 2 is 2.14 bits per heavy atom. The number of halogens is 2. The number of carboxylic acids is 1. The minimum Gasteiger partial charge on any atom is -0.479 e. The van der Waals surface area contributed by atoms with Crippen LogP contribution in [0.3, 0.4) is 0 Å². The lowest BCUT2D eigenvalue weighted by Gasteiger charge is -2.09. The lowest BCUT2D eigenvalue weighted by Crippen LogP contribution is -2.12. The molecule has 3 nitrogen and oxygen atoms in total. The molecule has 76 valence electrons. The highest BCUT2D eigenvalue weighted by atomic mass is 79.9. The predicted octanol–water partition coefficient (Wildman–Crippen LogP) is 2.01. The molecule has 0 saturated carbocycles. The van der Waals surface area contributed by atoms with Crippen LogP contribution in [0.25, 0.3) is 0 Å². The summed E-state index contributed by atoms with van der Waals surface area (Å²) in [5.74, 6) is -2.19. The standard InChI is InChI=1S/C9H8BrFO3/c1-4-2-7(11)5(3-6(4)10)8(12)9(13)14/h2-3,8,12H,1H3,(H,13,14). The molecule has 14 heavy (non-hydrogen) atoms. The maximum atomic E-state index is 13.2. The van der Waals surface area contributed by atoms with Crippen LogP contribution in [0.15, 0.2) is 16.6 Å². The fraction of sp³-hybridized carbons (Fsp3) is 0.222. The van der Waals surface area contributed by atoms with Crippen molar-refractivity contribution in [2.45, 2.75) is 13.0 Å². The Balaban J connectivity index is 3.22. The van der Waals surface area contributed by atoms with E-state index in [9.17, 15) is 9.18 Å². The molecule has 0 aliphatic heterocycles. The molecule has 0 radical (unpaired) electrons. The molecular formula is C9H8BrFO3.